The van der Waals surface area contributed by atoms with E-state index in [2.05, 4.69) is 15.9 Å². The topological polar surface area (TPSA) is 20.2 Å². The molecule has 1 unspecified atom stereocenters. The number of hydrogen-bond acceptors (Lipinski definition) is 2. The van der Waals surface area contributed by atoms with Crippen molar-refractivity contribution in [3.8, 4) is 0 Å². The van der Waals surface area contributed by atoms with Gasteiger partial charge in [-0.05, 0) is 52.2 Å². The van der Waals surface area contributed by atoms with E-state index in [1.165, 1.54) is 23.5 Å². The third-order valence-corrected chi connectivity index (χ3v) is 4.99. The van der Waals surface area contributed by atoms with Crippen LogP contribution < -0.4 is 0 Å². The SMILES string of the molecule is Cc1cc(F)ccc1C(O)c1cc(Br)c(Cl)s1. The Morgan fingerprint density at radius 2 is 2.12 bits per heavy atom. The maximum absolute atomic E-state index is 13.0. The normalized spacial score (nSPS) is 12.8. The summed E-state index contributed by atoms with van der Waals surface area (Å²) in [6.45, 7) is 1.77. The predicted molar refractivity (Wildman–Crippen MR) is 72.2 cm³/mol. The van der Waals surface area contributed by atoms with Crippen LogP contribution in [-0.2, 0) is 0 Å². The highest BCUT2D eigenvalue weighted by Crippen LogP contribution is 2.37. The molecule has 0 fully saturated rings. The van der Waals surface area contributed by atoms with Gasteiger partial charge >= 0.3 is 0 Å². The number of hydrogen-bond donors (Lipinski definition) is 1. The average molecular weight is 336 g/mol. The maximum atomic E-state index is 13.0. The minimum atomic E-state index is -0.774. The molecule has 0 amide bonds. The molecule has 17 heavy (non-hydrogen) atoms. The fraction of sp³-hybridized carbons (Fsp3) is 0.167. The summed E-state index contributed by atoms with van der Waals surface area (Å²) in [5.41, 5.74) is 1.41. The van der Waals surface area contributed by atoms with Gasteiger partial charge in [-0.2, -0.15) is 0 Å². The number of aryl methyl sites for hydroxylation is 1. The van der Waals surface area contributed by atoms with Gasteiger partial charge in [0.1, 0.15) is 16.3 Å². The lowest BCUT2D eigenvalue weighted by Crippen LogP contribution is -2.00. The molecule has 0 saturated carbocycles. The molecular formula is C12H9BrClFOS. The van der Waals surface area contributed by atoms with Crippen LogP contribution in [0.3, 0.4) is 0 Å². The maximum Gasteiger partial charge on any atom is 0.123 e. The molecule has 0 aliphatic carbocycles. The molecule has 1 nitrogen and oxygen atoms in total. The van der Waals surface area contributed by atoms with Crippen molar-refractivity contribution in [1.82, 2.24) is 0 Å². The van der Waals surface area contributed by atoms with E-state index in [4.69, 9.17) is 11.6 Å². The first-order chi connectivity index (χ1) is 7.99. The molecular weight excluding hydrogens is 327 g/mol. The number of rotatable bonds is 2. The molecule has 1 heterocycles. The largest absolute Gasteiger partial charge is 0.383 e. The molecule has 2 rings (SSSR count). The van der Waals surface area contributed by atoms with Crippen molar-refractivity contribution in [2.75, 3.05) is 0 Å². The van der Waals surface area contributed by atoms with Crippen LogP contribution >= 0.6 is 38.9 Å². The molecule has 1 aromatic heterocycles. The highest BCUT2D eigenvalue weighted by atomic mass is 79.9. The number of benzene rings is 1. The first kappa shape index (κ1) is 13.0. The van der Waals surface area contributed by atoms with Crippen molar-refractivity contribution in [2.24, 2.45) is 0 Å². The molecule has 1 atom stereocenters. The molecule has 0 radical (unpaired) electrons. The van der Waals surface area contributed by atoms with E-state index in [1.807, 2.05) is 0 Å². The molecule has 1 N–H and O–H groups in total. The Hall–Kier alpha value is -0.420. The molecule has 5 heteroatoms. The minimum Gasteiger partial charge on any atom is -0.383 e. The van der Waals surface area contributed by atoms with Crippen molar-refractivity contribution < 1.29 is 9.50 Å². The van der Waals surface area contributed by atoms with Gasteiger partial charge in [-0.15, -0.1) is 11.3 Å². The van der Waals surface area contributed by atoms with Gasteiger partial charge in [-0.1, -0.05) is 17.7 Å². The van der Waals surface area contributed by atoms with Crippen molar-refractivity contribution >= 4 is 38.9 Å². The summed E-state index contributed by atoms with van der Waals surface area (Å²) >= 11 is 10.5. The van der Waals surface area contributed by atoms with Crippen molar-refractivity contribution in [3.05, 3.63) is 54.9 Å². The van der Waals surface area contributed by atoms with Crippen LogP contribution in [0.15, 0.2) is 28.7 Å². The van der Waals surface area contributed by atoms with Gasteiger partial charge < -0.3 is 5.11 Å². The fourth-order valence-corrected chi connectivity index (χ4v) is 3.34. The third kappa shape index (κ3) is 2.71. The number of thiophene rings is 1. The van der Waals surface area contributed by atoms with Crippen LogP contribution in [0.2, 0.25) is 4.34 Å². The molecule has 0 aliphatic heterocycles. The smallest absolute Gasteiger partial charge is 0.123 e. The minimum absolute atomic E-state index is 0.302. The summed E-state index contributed by atoms with van der Waals surface area (Å²) in [6, 6.07) is 6.12. The second kappa shape index (κ2) is 5.06. The van der Waals surface area contributed by atoms with E-state index in [-0.39, 0.29) is 5.82 Å². The van der Waals surface area contributed by atoms with Crippen LogP contribution in [0.25, 0.3) is 0 Å². The van der Waals surface area contributed by atoms with Gasteiger partial charge in [0.15, 0.2) is 0 Å². The van der Waals surface area contributed by atoms with Crippen molar-refractivity contribution in [1.29, 1.82) is 0 Å². The zero-order valence-corrected chi connectivity index (χ0v) is 12.0. The number of aliphatic hydroxyl groups excluding tert-OH is 1. The van der Waals surface area contributed by atoms with E-state index in [0.717, 1.165) is 14.9 Å². The van der Waals surface area contributed by atoms with E-state index in [0.29, 0.717) is 9.90 Å². The summed E-state index contributed by atoms with van der Waals surface area (Å²) in [7, 11) is 0. The summed E-state index contributed by atoms with van der Waals surface area (Å²) < 4.78 is 14.3. The second-order valence-corrected chi connectivity index (χ2v) is 6.21. The standard InChI is InChI=1S/C12H9BrClFOS/c1-6-4-7(15)2-3-8(6)11(16)10-5-9(13)12(14)17-10/h2-5,11,16H,1H3. The van der Waals surface area contributed by atoms with E-state index < -0.39 is 6.10 Å². The Morgan fingerprint density at radius 3 is 2.65 bits per heavy atom. The summed E-state index contributed by atoms with van der Waals surface area (Å²) in [5.74, 6) is -0.302. The van der Waals surface area contributed by atoms with Gasteiger partial charge in [0.2, 0.25) is 0 Å². The Morgan fingerprint density at radius 1 is 1.41 bits per heavy atom. The molecule has 0 bridgehead atoms. The zero-order chi connectivity index (χ0) is 12.6. The average Bonchev–Trinajstić information content (AvgIpc) is 2.58. The van der Waals surface area contributed by atoms with Crippen LogP contribution in [-0.4, -0.2) is 5.11 Å². The Kier molecular flexibility index (Phi) is 3.88. The van der Waals surface area contributed by atoms with Gasteiger partial charge in [0.25, 0.3) is 0 Å². The fourth-order valence-electron chi connectivity index (χ4n) is 1.60. The second-order valence-electron chi connectivity index (χ2n) is 3.67. The third-order valence-electron chi connectivity index (χ3n) is 2.46. The molecule has 0 saturated heterocycles. The first-order valence-electron chi connectivity index (χ1n) is 4.88. The van der Waals surface area contributed by atoms with E-state index in [1.54, 1.807) is 19.1 Å². The lowest BCUT2D eigenvalue weighted by atomic mass is 10.0. The quantitative estimate of drug-likeness (QED) is 0.844. The molecule has 0 aliphatic rings. The Balaban J connectivity index is 2.39. The van der Waals surface area contributed by atoms with Gasteiger partial charge in [0.05, 0.1) is 0 Å². The van der Waals surface area contributed by atoms with Crippen LogP contribution in [0, 0.1) is 12.7 Å². The molecule has 1 aromatic carbocycles. The summed E-state index contributed by atoms with van der Waals surface area (Å²) in [4.78, 5) is 0.733. The van der Waals surface area contributed by atoms with Gasteiger partial charge in [0, 0.05) is 9.35 Å². The lowest BCUT2D eigenvalue weighted by Gasteiger charge is -2.11. The zero-order valence-electron chi connectivity index (χ0n) is 8.88. The number of aliphatic hydroxyl groups is 1. The molecule has 90 valence electrons. The van der Waals surface area contributed by atoms with Crippen LogP contribution in [0.1, 0.15) is 22.1 Å². The van der Waals surface area contributed by atoms with E-state index in [9.17, 15) is 9.50 Å². The van der Waals surface area contributed by atoms with Crippen LogP contribution in [0.5, 0.6) is 0 Å². The molecule has 0 spiro atoms. The lowest BCUT2D eigenvalue weighted by molar-refractivity contribution is 0.223. The Bertz CT molecular complexity index is 536. The predicted octanol–water partition coefficient (Wildman–Crippen LogP) is 4.69. The highest BCUT2D eigenvalue weighted by Gasteiger charge is 2.17. The van der Waals surface area contributed by atoms with E-state index >= 15 is 0 Å². The summed E-state index contributed by atoms with van der Waals surface area (Å²) in [6.07, 6.45) is -0.774. The Labute approximate surface area is 116 Å². The molecule has 2 aromatic rings. The van der Waals surface area contributed by atoms with Crippen LogP contribution in [0.4, 0.5) is 4.39 Å². The first-order valence-corrected chi connectivity index (χ1v) is 6.86. The monoisotopic (exact) mass is 334 g/mol. The highest BCUT2D eigenvalue weighted by molar-refractivity contribution is 9.10. The van der Waals surface area contributed by atoms with Crippen molar-refractivity contribution in [3.63, 3.8) is 0 Å². The number of halogens is 3. The van der Waals surface area contributed by atoms with Gasteiger partial charge in [-0.25, -0.2) is 4.39 Å². The van der Waals surface area contributed by atoms with Crippen molar-refractivity contribution in [2.45, 2.75) is 13.0 Å². The summed E-state index contributed by atoms with van der Waals surface area (Å²) in [5, 5.41) is 10.2. The van der Waals surface area contributed by atoms with Gasteiger partial charge in [-0.3, -0.25) is 0 Å².